The van der Waals surface area contributed by atoms with E-state index in [-0.39, 0.29) is 12.2 Å². The van der Waals surface area contributed by atoms with Gasteiger partial charge in [-0.2, -0.15) is 5.10 Å². The van der Waals surface area contributed by atoms with E-state index in [9.17, 15) is 18.3 Å². The standard InChI is InChI=1S/C24H34N8O4S/c1-37(35,36)14-13-32(11-3-2-6-18-8-7-17-5-4-10-25-21(17)29-18)12-9-20(24(33)34)30-22-19-15-28-31-23(19)27-16-26-22/h7-8,15-16,20H,2-6,9-14H2,1H3,(H,25,29)(H,33,34)(H2,26,27,28,30,31)/t20-/m0/s1. The van der Waals surface area contributed by atoms with Crippen LogP contribution < -0.4 is 10.6 Å². The molecule has 0 bridgehead atoms. The molecule has 1 atom stereocenters. The Bertz CT molecular complexity index is 1310. The molecule has 0 amide bonds. The Morgan fingerprint density at radius 3 is 2.89 bits per heavy atom. The van der Waals surface area contributed by atoms with Crippen molar-refractivity contribution >= 4 is 38.5 Å². The quantitative estimate of drug-likeness (QED) is 0.224. The van der Waals surface area contributed by atoms with Gasteiger partial charge in [0.25, 0.3) is 0 Å². The average molecular weight is 531 g/mol. The van der Waals surface area contributed by atoms with Crippen LogP contribution in [0.4, 0.5) is 11.6 Å². The summed E-state index contributed by atoms with van der Waals surface area (Å²) in [5.74, 6) is 0.394. The van der Waals surface area contributed by atoms with E-state index in [1.807, 2.05) is 4.90 Å². The van der Waals surface area contributed by atoms with Crippen molar-refractivity contribution in [3.8, 4) is 0 Å². The van der Waals surface area contributed by atoms with Gasteiger partial charge >= 0.3 is 5.97 Å². The van der Waals surface area contributed by atoms with Crippen molar-refractivity contribution in [1.29, 1.82) is 0 Å². The Morgan fingerprint density at radius 1 is 1.22 bits per heavy atom. The molecule has 0 saturated heterocycles. The number of hydrogen-bond acceptors (Lipinski definition) is 10. The number of sulfone groups is 1. The fraction of sp³-hybridized carbons (Fsp3) is 0.542. The third-order valence-corrected chi connectivity index (χ3v) is 7.40. The number of rotatable bonds is 14. The number of aryl methyl sites for hydroxylation is 2. The summed E-state index contributed by atoms with van der Waals surface area (Å²) in [5, 5.41) is 23.4. The van der Waals surface area contributed by atoms with Crippen molar-refractivity contribution in [3.63, 3.8) is 0 Å². The lowest BCUT2D eigenvalue weighted by atomic mass is 10.1. The fourth-order valence-corrected chi connectivity index (χ4v) is 4.98. The van der Waals surface area contributed by atoms with E-state index in [1.54, 1.807) is 6.20 Å². The maximum Gasteiger partial charge on any atom is 0.326 e. The third-order valence-electron chi connectivity index (χ3n) is 6.48. The Hall–Kier alpha value is -3.32. The molecule has 3 aromatic rings. The minimum Gasteiger partial charge on any atom is -0.480 e. The number of fused-ring (bicyclic) bond motifs is 2. The highest BCUT2D eigenvalue weighted by Crippen LogP contribution is 2.21. The van der Waals surface area contributed by atoms with Crippen LogP contribution in [0, 0.1) is 0 Å². The highest BCUT2D eigenvalue weighted by atomic mass is 32.2. The number of aliphatic carboxylic acids is 1. The molecule has 4 N–H and O–H groups in total. The second-order valence-electron chi connectivity index (χ2n) is 9.45. The molecule has 0 saturated carbocycles. The van der Waals surface area contributed by atoms with Crippen molar-refractivity contribution in [2.45, 2.75) is 44.6 Å². The zero-order valence-electron chi connectivity index (χ0n) is 21.0. The summed E-state index contributed by atoms with van der Waals surface area (Å²) in [4.78, 5) is 27.0. The van der Waals surface area contributed by atoms with Crippen molar-refractivity contribution in [3.05, 3.63) is 35.9 Å². The Kier molecular flexibility index (Phi) is 8.87. The molecule has 4 heterocycles. The van der Waals surface area contributed by atoms with Gasteiger partial charge in [-0.3, -0.25) is 5.10 Å². The topological polar surface area (TPSA) is 166 Å². The number of hydrogen-bond donors (Lipinski definition) is 4. The van der Waals surface area contributed by atoms with Gasteiger partial charge in [0.2, 0.25) is 0 Å². The van der Waals surface area contributed by atoms with Crippen LogP contribution in [-0.2, 0) is 27.5 Å². The van der Waals surface area contributed by atoms with Crippen molar-refractivity contribution in [1.82, 2.24) is 30.0 Å². The molecule has 0 aromatic carbocycles. The second kappa shape index (κ2) is 12.3. The Morgan fingerprint density at radius 2 is 2.08 bits per heavy atom. The van der Waals surface area contributed by atoms with Gasteiger partial charge in [-0.05, 0) is 56.7 Å². The number of pyridine rings is 1. The summed E-state index contributed by atoms with van der Waals surface area (Å²) in [6.45, 7) is 2.41. The van der Waals surface area contributed by atoms with Gasteiger partial charge in [-0.25, -0.2) is 28.2 Å². The summed E-state index contributed by atoms with van der Waals surface area (Å²) >= 11 is 0. The molecule has 12 nitrogen and oxygen atoms in total. The van der Waals surface area contributed by atoms with Crippen LogP contribution in [0.3, 0.4) is 0 Å². The number of carboxylic acid groups (broad SMARTS) is 1. The summed E-state index contributed by atoms with van der Waals surface area (Å²) in [5.41, 5.74) is 2.82. The van der Waals surface area contributed by atoms with Gasteiger partial charge in [0.05, 0.1) is 17.3 Å². The number of carbonyl (C=O) groups is 1. The maximum atomic E-state index is 12.0. The molecule has 0 aliphatic carbocycles. The number of unbranched alkanes of at least 4 members (excludes halogenated alkanes) is 1. The first-order valence-corrected chi connectivity index (χ1v) is 14.6. The first-order valence-electron chi connectivity index (χ1n) is 12.5. The first kappa shape index (κ1) is 26.7. The minimum atomic E-state index is -3.14. The first-order chi connectivity index (χ1) is 17.8. The molecule has 1 aliphatic heterocycles. The molecule has 4 rings (SSSR count). The van der Waals surface area contributed by atoms with Gasteiger partial charge in [0, 0.05) is 31.6 Å². The zero-order valence-corrected chi connectivity index (χ0v) is 21.8. The molecule has 1 aliphatic rings. The molecular formula is C24H34N8O4S. The lowest BCUT2D eigenvalue weighted by Gasteiger charge is -2.24. The van der Waals surface area contributed by atoms with Gasteiger partial charge in [0.1, 0.15) is 33.8 Å². The Labute approximate surface area is 216 Å². The number of carboxylic acids is 1. The van der Waals surface area contributed by atoms with Crippen molar-refractivity contribution < 1.29 is 18.3 Å². The van der Waals surface area contributed by atoms with E-state index in [0.717, 1.165) is 50.2 Å². The van der Waals surface area contributed by atoms with Gasteiger partial charge < -0.3 is 20.6 Å². The Balaban J connectivity index is 1.32. The molecule has 0 fully saturated rings. The van der Waals surface area contributed by atoms with Crippen LogP contribution in [0.15, 0.2) is 24.7 Å². The smallest absolute Gasteiger partial charge is 0.326 e. The summed E-state index contributed by atoms with van der Waals surface area (Å²) < 4.78 is 23.6. The summed E-state index contributed by atoms with van der Waals surface area (Å²) in [7, 11) is -3.14. The number of H-pyrrole nitrogens is 1. The molecule has 200 valence electrons. The second-order valence-corrected chi connectivity index (χ2v) is 11.7. The molecular weight excluding hydrogens is 496 g/mol. The van der Waals surface area contributed by atoms with Crippen LogP contribution in [0.2, 0.25) is 0 Å². The van der Waals surface area contributed by atoms with E-state index in [1.165, 1.54) is 18.1 Å². The van der Waals surface area contributed by atoms with Crippen LogP contribution in [0.25, 0.3) is 11.0 Å². The monoisotopic (exact) mass is 530 g/mol. The number of aromatic amines is 1. The average Bonchev–Trinajstić information content (AvgIpc) is 3.36. The molecule has 0 unspecified atom stereocenters. The SMILES string of the molecule is CS(=O)(=O)CCN(CCCCc1ccc2c(n1)NCCC2)CC[C@H](Nc1ncnc2[nH]ncc12)C(=O)O. The largest absolute Gasteiger partial charge is 0.480 e. The van der Waals surface area contributed by atoms with E-state index >= 15 is 0 Å². The number of aromatic nitrogens is 5. The number of nitrogens with one attached hydrogen (secondary N) is 3. The highest BCUT2D eigenvalue weighted by Gasteiger charge is 2.21. The van der Waals surface area contributed by atoms with Crippen LogP contribution in [0.1, 0.15) is 36.9 Å². The van der Waals surface area contributed by atoms with Crippen LogP contribution in [-0.4, -0.2) is 93.8 Å². The molecule has 0 radical (unpaired) electrons. The highest BCUT2D eigenvalue weighted by molar-refractivity contribution is 7.90. The molecule has 0 spiro atoms. The zero-order chi connectivity index (χ0) is 26.3. The fourth-order valence-electron chi connectivity index (χ4n) is 4.39. The lowest BCUT2D eigenvalue weighted by Crippen LogP contribution is -2.37. The van der Waals surface area contributed by atoms with Crippen LogP contribution in [0.5, 0.6) is 0 Å². The van der Waals surface area contributed by atoms with E-state index < -0.39 is 21.8 Å². The van der Waals surface area contributed by atoms with Crippen molar-refractivity contribution in [2.24, 2.45) is 0 Å². The number of nitrogens with zero attached hydrogens (tertiary/aromatic N) is 5. The van der Waals surface area contributed by atoms with Gasteiger partial charge in [-0.15, -0.1) is 0 Å². The predicted octanol–water partition coefficient (Wildman–Crippen LogP) is 1.73. The lowest BCUT2D eigenvalue weighted by molar-refractivity contribution is -0.138. The maximum absolute atomic E-state index is 12.0. The van der Waals surface area contributed by atoms with Gasteiger partial charge in [0.15, 0.2) is 5.65 Å². The molecule has 37 heavy (non-hydrogen) atoms. The summed E-state index contributed by atoms with van der Waals surface area (Å²) in [6, 6.07) is 3.33. The van der Waals surface area contributed by atoms with Crippen molar-refractivity contribution in [2.75, 3.05) is 48.8 Å². The van der Waals surface area contributed by atoms with E-state index in [0.29, 0.717) is 36.5 Å². The normalized spacial score (nSPS) is 14.3. The molecule has 13 heteroatoms. The third kappa shape index (κ3) is 7.83. The molecule has 3 aromatic heterocycles. The predicted molar refractivity (Wildman–Crippen MR) is 141 cm³/mol. The van der Waals surface area contributed by atoms with Gasteiger partial charge in [-0.1, -0.05) is 6.07 Å². The van der Waals surface area contributed by atoms with Crippen LogP contribution >= 0.6 is 0 Å². The minimum absolute atomic E-state index is 0.0256. The summed E-state index contributed by atoms with van der Waals surface area (Å²) in [6.07, 6.45) is 9.15. The van der Waals surface area contributed by atoms with E-state index in [4.69, 9.17) is 4.98 Å². The number of anilines is 2. The van der Waals surface area contributed by atoms with E-state index in [2.05, 4.69) is 42.9 Å².